The van der Waals surface area contributed by atoms with Crippen LogP contribution in [0.3, 0.4) is 0 Å². The van der Waals surface area contributed by atoms with Gasteiger partial charge in [0.15, 0.2) is 0 Å². The van der Waals surface area contributed by atoms with Gasteiger partial charge in [-0.2, -0.15) is 8.42 Å². The van der Waals surface area contributed by atoms with Gasteiger partial charge in [0.1, 0.15) is 0 Å². The molecule has 0 aromatic heterocycles. The van der Waals surface area contributed by atoms with Crippen LogP contribution in [-0.2, 0) is 14.9 Å². The summed E-state index contributed by atoms with van der Waals surface area (Å²) >= 11 is 0. The maximum Gasteiger partial charge on any atom is 0.351 e. The molecule has 17 heavy (non-hydrogen) atoms. The van der Waals surface area contributed by atoms with Crippen molar-refractivity contribution < 1.29 is 43.3 Å². The topological polar surface area (TPSA) is 173 Å². The zero-order valence-corrected chi connectivity index (χ0v) is 9.62. The molecule has 0 amide bonds. The van der Waals surface area contributed by atoms with E-state index in [9.17, 15) is 13.2 Å². The highest BCUT2D eigenvalue weighted by Crippen LogP contribution is 1.97. The summed E-state index contributed by atoms with van der Waals surface area (Å²) in [6.07, 6.45) is 0.479. The lowest BCUT2D eigenvalue weighted by atomic mass is 10.1. The lowest BCUT2D eigenvalue weighted by Gasteiger charge is -2.06. The molecule has 0 aromatic carbocycles. The van der Waals surface area contributed by atoms with Gasteiger partial charge >= 0.3 is 16.1 Å². The number of aliphatic carboxylic acids is 1. The molecule has 6 N–H and O–H groups in total. The predicted molar refractivity (Wildman–Crippen MR) is 54.6 cm³/mol. The van der Waals surface area contributed by atoms with E-state index in [1.54, 1.807) is 0 Å². The van der Waals surface area contributed by atoms with E-state index < -0.39 is 21.5 Å². The standard InChI is InChI=1S/C5H12O3.C2H4O6S/c6-2-1-5(3-7)4-8;3-1(4)2(5)9(6,7)8/h5-8H,1-4H2;2,5H,(H,3,4)(H,6,7,8). The second kappa shape index (κ2) is 9.27. The smallest absolute Gasteiger partial charge is 0.351 e. The third-order valence-electron chi connectivity index (χ3n) is 1.55. The molecule has 0 aliphatic carbocycles. The molecule has 0 heterocycles. The van der Waals surface area contributed by atoms with Gasteiger partial charge in [0.25, 0.3) is 5.44 Å². The number of hydrogen-bond donors (Lipinski definition) is 6. The van der Waals surface area contributed by atoms with Crippen LogP contribution in [0.15, 0.2) is 0 Å². The fraction of sp³-hybridized carbons (Fsp3) is 0.857. The van der Waals surface area contributed by atoms with Crippen molar-refractivity contribution in [2.75, 3.05) is 19.8 Å². The van der Waals surface area contributed by atoms with Gasteiger partial charge in [0, 0.05) is 25.7 Å². The Balaban J connectivity index is 0. The highest BCUT2D eigenvalue weighted by molar-refractivity contribution is 7.87. The average Bonchev–Trinajstić information content (AvgIpc) is 2.24. The molecule has 0 fully saturated rings. The number of aliphatic hydroxyl groups is 4. The number of carboxylic acid groups (broad SMARTS) is 1. The Morgan fingerprint density at radius 2 is 1.53 bits per heavy atom. The fourth-order valence-corrected chi connectivity index (χ4v) is 0.805. The summed E-state index contributed by atoms with van der Waals surface area (Å²) in [5, 5.41) is 40.8. The summed E-state index contributed by atoms with van der Waals surface area (Å²) in [4.78, 5) is 9.56. The number of hydrogen-bond acceptors (Lipinski definition) is 7. The second-order valence-electron chi connectivity index (χ2n) is 2.95. The predicted octanol–water partition coefficient (Wildman–Crippen LogP) is -2.75. The van der Waals surface area contributed by atoms with Crippen LogP contribution in [-0.4, -0.2) is 69.7 Å². The van der Waals surface area contributed by atoms with Gasteiger partial charge in [0.05, 0.1) is 0 Å². The van der Waals surface area contributed by atoms with E-state index in [-0.39, 0.29) is 25.7 Å². The summed E-state index contributed by atoms with van der Waals surface area (Å²) in [5.41, 5.74) is -2.74. The van der Waals surface area contributed by atoms with Crippen molar-refractivity contribution in [1.29, 1.82) is 0 Å². The Bertz CT molecular complexity index is 294. The number of carboxylic acids is 1. The first-order valence-electron chi connectivity index (χ1n) is 4.40. The minimum Gasteiger partial charge on any atom is -0.478 e. The molecular weight excluding hydrogens is 260 g/mol. The van der Waals surface area contributed by atoms with Gasteiger partial charge in [0.2, 0.25) is 0 Å². The number of carbonyl (C=O) groups is 1. The van der Waals surface area contributed by atoms with Gasteiger partial charge < -0.3 is 25.5 Å². The summed E-state index contributed by atoms with van der Waals surface area (Å²) in [6.45, 7) is -0.0556. The van der Waals surface area contributed by atoms with E-state index in [0.717, 1.165) is 0 Å². The Labute approximate surface area is 97.7 Å². The molecule has 104 valence electrons. The zero-order valence-electron chi connectivity index (χ0n) is 8.80. The first kappa shape index (κ1) is 18.6. The SMILES string of the molecule is O=C(O)C(O)S(=O)(=O)O.OCCC(CO)CO. The number of aliphatic hydroxyl groups excluding tert-OH is 4. The maximum atomic E-state index is 9.70. The van der Waals surface area contributed by atoms with Gasteiger partial charge in [-0.1, -0.05) is 0 Å². The molecule has 0 aromatic rings. The van der Waals surface area contributed by atoms with Crippen molar-refractivity contribution in [1.82, 2.24) is 0 Å². The van der Waals surface area contributed by atoms with Crippen molar-refractivity contribution in [2.24, 2.45) is 5.92 Å². The van der Waals surface area contributed by atoms with Crippen molar-refractivity contribution in [3.63, 3.8) is 0 Å². The summed E-state index contributed by atoms with van der Waals surface area (Å²) in [7, 11) is -4.85. The van der Waals surface area contributed by atoms with Crippen LogP contribution < -0.4 is 0 Å². The molecule has 0 aliphatic rings. The van der Waals surface area contributed by atoms with E-state index in [1.165, 1.54) is 0 Å². The van der Waals surface area contributed by atoms with E-state index in [0.29, 0.717) is 6.42 Å². The highest BCUT2D eigenvalue weighted by atomic mass is 32.2. The first-order valence-corrected chi connectivity index (χ1v) is 5.90. The Morgan fingerprint density at radius 1 is 1.12 bits per heavy atom. The molecule has 10 heteroatoms. The molecule has 0 aliphatic heterocycles. The van der Waals surface area contributed by atoms with Gasteiger partial charge in [-0.15, -0.1) is 0 Å². The van der Waals surface area contributed by atoms with Crippen LogP contribution in [0, 0.1) is 5.92 Å². The van der Waals surface area contributed by atoms with Crippen LogP contribution in [0.5, 0.6) is 0 Å². The summed E-state index contributed by atoms with van der Waals surface area (Å²) < 4.78 is 27.2. The van der Waals surface area contributed by atoms with Crippen molar-refractivity contribution >= 4 is 16.1 Å². The van der Waals surface area contributed by atoms with E-state index in [4.69, 9.17) is 30.1 Å². The van der Waals surface area contributed by atoms with Gasteiger partial charge in [-0.3, -0.25) is 4.55 Å². The molecule has 0 bridgehead atoms. The monoisotopic (exact) mass is 276 g/mol. The maximum absolute atomic E-state index is 9.70. The van der Waals surface area contributed by atoms with Gasteiger partial charge in [-0.05, 0) is 6.42 Å². The zero-order chi connectivity index (χ0) is 14.1. The Hall–Kier alpha value is -0.780. The van der Waals surface area contributed by atoms with Crippen LogP contribution in [0.2, 0.25) is 0 Å². The molecule has 0 radical (unpaired) electrons. The van der Waals surface area contributed by atoms with Crippen molar-refractivity contribution in [3.8, 4) is 0 Å². The molecule has 0 saturated heterocycles. The van der Waals surface area contributed by atoms with Crippen LogP contribution in [0.25, 0.3) is 0 Å². The average molecular weight is 276 g/mol. The fourth-order valence-electron chi connectivity index (χ4n) is 0.550. The third-order valence-corrected chi connectivity index (χ3v) is 2.31. The van der Waals surface area contributed by atoms with Gasteiger partial charge in [-0.25, -0.2) is 4.79 Å². The Morgan fingerprint density at radius 3 is 1.59 bits per heavy atom. The number of rotatable bonds is 6. The second-order valence-corrected chi connectivity index (χ2v) is 4.43. The molecule has 1 atom stereocenters. The quantitative estimate of drug-likeness (QED) is 0.281. The lowest BCUT2D eigenvalue weighted by molar-refractivity contribution is -0.142. The van der Waals surface area contributed by atoms with E-state index in [2.05, 4.69) is 0 Å². The first-order chi connectivity index (χ1) is 7.70. The van der Waals surface area contributed by atoms with Crippen molar-refractivity contribution in [2.45, 2.75) is 11.9 Å². The minimum absolute atomic E-state index is 0.0335. The molecule has 0 spiro atoms. The molecular formula is C7H16O9S. The van der Waals surface area contributed by atoms with E-state index >= 15 is 0 Å². The van der Waals surface area contributed by atoms with Crippen LogP contribution >= 0.6 is 0 Å². The largest absolute Gasteiger partial charge is 0.478 e. The normalized spacial score (nSPS) is 12.8. The lowest BCUT2D eigenvalue weighted by Crippen LogP contribution is -2.28. The third kappa shape index (κ3) is 10.1. The minimum atomic E-state index is -4.85. The summed E-state index contributed by atoms with van der Waals surface area (Å²) in [6, 6.07) is 0. The van der Waals surface area contributed by atoms with Crippen LogP contribution in [0.1, 0.15) is 6.42 Å². The van der Waals surface area contributed by atoms with Crippen molar-refractivity contribution in [3.05, 3.63) is 0 Å². The summed E-state index contributed by atoms with van der Waals surface area (Å²) in [5.74, 6) is -2.14. The molecule has 0 saturated carbocycles. The van der Waals surface area contributed by atoms with Crippen LogP contribution in [0.4, 0.5) is 0 Å². The molecule has 1 unspecified atom stereocenters. The van der Waals surface area contributed by atoms with E-state index in [1.807, 2.05) is 0 Å². The Kier molecular flexibility index (Phi) is 10.1. The highest BCUT2D eigenvalue weighted by Gasteiger charge is 2.27. The molecule has 0 rings (SSSR count). The molecule has 9 nitrogen and oxygen atoms in total.